The molecule has 16 heavy (non-hydrogen) atoms. The fourth-order valence-corrected chi connectivity index (χ4v) is 0.987. The van der Waals surface area contributed by atoms with Gasteiger partial charge in [0.15, 0.2) is 0 Å². The van der Waals surface area contributed by atoms with Gasteiger partial charge in [-0.15, -0.1) is 0 Å². The van der Waals surface area contributed by atoms with E-state index in [0.717, 1.165) is 12.1 Å². The first-order valence-corrected chi connectivity index (χ1v) is 3.55. The maximum Gasteiger partial charge on any atom is 1.00 e. The molecule has 74 valence electrons. The van der Waals surface area contributed by atoms with Crippen LogP contribution in [0.4, 0.5) is 11.4 Å². The zero-order valence-electron chi connectivity index (χ0n) is 8.94. The van der Waals surface area contributed by atoms with Crippen molar-refractivity contribution in [3.63, 3.8) is 0 Å². The minimum Gasteiger partial charge on any atom is -0.545 e. The molecule has 0 saturated carbocycles. The van der Waals surface area contributed by atoms with Crippen molar-refractivity contribution in [2.45, 2.75) is 0 Å². The summed E-state index contributed by atoms with van der Waals surface area (Å²) in [4.78, 5) is 20.9. The number of aromatic carboxylic acids is 2. The predicted molar refractivity (Wildman–Crippen MR) is 43.9 cm³/mol. The van der Waals surface area contributed by atoms with Crippen molar-refractivity contribution in [1.29, 1.82) is 0 Å². The maximum atomic E-state index is 10.4. The van der Waals surface area contributed by atoms with E-state index in [0.29, 0.717) is 0 Å². The molecule has 4 N–H and O–H groups in total. The number of carbonyl (C=O) groups is 2. The summed E-state index contributed by atoms with van der Waals surface area (Å²) in [6.07, 6.45) is 0. The minimum atomic E-state index is -1.51. The summed E-state index contributed by atoms with van der Waals surface area (Å²) in [6, 6.07) is 1.85. The molecule has 1 aromatic rings. The second kappa shape index (κ2) is 6.52. The summed E-state index contributed by atoms with van der Waals surface area (Å²) in [5, 5.41) is 20.9. The minimum absolute atomic E-state index is 0. The Labute approximate surface area is 115 Å². The van der Waals surface area contributed by atoms with E-state index in [1.54, 1.807) is 0 Å². The Hall–Kier alpha value is -1.05. The molecule has 0 radical (unpaired) electrons. The average Bonchev–Trinajstić information content (AvgIpc) is 2.07. The van der Waals surface area contributed by atoms with Gasteiger partial charge in [0, 0.05) is 22.5 Å². The van der Waals surface area contributed by atoms with Gasteiger partial charge < -0.3 is 31.3 Å². The molecule has 0 saturated heterocycles. The number of benzene rings is 1. The molecule has 0 amide bonds. The Balaban J connectivity index is 0. The van der Waals surface area contributed by atoms with Gasteiger partial charge in [0.2, 0.25) is 0 Å². The van der Waals surface area contributed by atoms with Crippen molar-refractivity contribution in [1.82, 2.24) is 0 Å². The van der Waals surface area contributed by atoms with Gasteiger partial charge in [0.1, 0.15) is 0 Å². The summed E-state index contributed by atoms with van der Waals surface area (Å²) in [5.41, 5.74) is 9.40. The third-order valence-electron chi connectivity index (χ3n) is 1.66. The predicted octanol–water partition coefficient (Wildman–Crippen LogP) is -8.41. The van der Waals surface area contributed by atoms with E-state index in [4.69, 9.17) is 11.5 Å². The summed E-state index contributed by atoms with van der Waals surface area (Å²) in [7, 11) is 0. The Kier molecular flexibility index (Phi) is 7.07. The van der Waals surface area contributed by atoms with Crippen LogP contribution < -0.4 is 59.4 Å². The van der Waals surface area contributed by atoms with Crippen LogP contribution in [0.25, 0.3) is 0 Å². The molecule has 0 atom stereocenters. The first-order valence-electron chi connectivity index (χ1n) is 3.55. The normalized spacial score (nSPS) is 8.50. The van der Waals surface area contributed by atoms with Gasteiger partial charge >= 0.3 is 37.7 Å². The van der Waals surface area contributed by atoms with Crippen LogP contribution in [0.3, 0.4) is 0 Å². The Morgan fingerprint density at radius 2 is 1.12 bits per heavy atom. The third-order valence-corrected chi connectivity index (χ3v) is 1.66. The summed E-state index contributed by atoms with van der Waals surface area (Å²) in [5.74, 6) is -3.03. The number of carbonyl (C=O) groups excluding carboxylic acids is 2. The molecule has 0 fully saturated rings. The molecule has 0 bridgehead atoms. The number of hydrogen-bond donors (Lipinski definition) is 2. The van der Waals surface area contributed by atoms with E-state index in [9.17, 15) is 19.8 Å². The van der Waals surface area contributed by atoms with Gasteiger partial charge in [-0.1, -0.05) is 0 Å². The van der Waals surface area contributed by atoms with E-state index in [1.165, 1.54) is 0 Å². The molecular formula is C8H6Li2N2O4. The zero-order chi connectivity index (χ0) is 10.9. The molecule has 0 aromatic heterocycles. The van der Waals surface area contributed by atoms with Crippen molar-refractivity contribution < 1.29 is 57.5 Å². The van der Waals surface area contributed by atoms with E-state index in [2.05, 4.69) is 0 Å². The zero-order valence-corrected chi connectivity index (χ0v) is 8.94. The molecule has 0 aliphatic rings. The van der Waals surface area contributed by atoms with Crippen LogP contribution in [0.2, 0.25) is 0 Å². The van der Waals surface area contributed by atoms with Crippen molar-refractivity contribution in [2.24, 2.45) is 0 Å². The van der Waals surface area contributed by atoms with Gasteiger partial charge in [-0.3, -0.25) is 0 Å². The summed E-state index contributed by atoms with van der Waals surface area (Å²) < 4.78 is 0. The molecule has 8 heteroatoms. The number of rotatable bonds is 2. The number of hydrogen-bond acceptors (Lipinski definition) is 6. The number of nitrogen functional groups attached to an aromatic ring is 2. The van der Waals surface area contributed by atoms with Crippen LogP contribution in [0.1, 0.15) is 20.7 Å². The molecule has 0 aliphatic heterocycles. The number of nitrogens with two attached hydrogens (primary N) is 2. The van der Waals surface area contributed by atoms with Crippen LogP contribution >= 0.6 is 0 Å². The third kappa shape index (κ3) is 3.51. The van der Waals surface area contributed by atoms with Crippen LogP contribution in [0, 0.1) is 0 Å². The fraction of sp³-hybridized carbons (Fsp3) is 0. The standard InChI is InChI=1S/C8H8N2O4.2Li/c9-5-1-3(7(11)12)6(10)2-4(5)8(13)14;;/h1-2H,9-10H2,(H,11,12)(H,13,14);;/q;2*+1/p-2. The largest absolute Gasteiger partial charge is 1.00 e. The number of anilines is 2. The smallest absolute Gasteiger partial charge is 0.545 e. The van der Waals surface area contributed by atoms with Crippen LogP contribution in [-0.2, 0) is 0 Å². The molecule has 0 spiro atoms. The van der Waals surface area contributed by atoms with Crippen molar-refractivity contribution in [3.8, 4) is 0 Å². The van der Waals surface area contributed by atoms with Crippen LogP contribution in [-0.4, -0.2) is 11.9 Å². The van der Waals surface area contributed by atoms with E-state index >= 15 is 0 Å². The first kappa shape index (κ1) is 17.4. The van der Waals surface area contributed by atoms with Crippen molar-refractivity contribution in [3.05, 3.63) is 23.3 Å². The van der Waals surface area contributed by atoms with Gasteiger partial charge in [0.05, 0.1) is 11.9 Å². The van der Waals surface area contributed by atoms with Crippen molar-refractivity contribution in [2.75, 3.05) is 11.5 Å². The van der Waals surface area contributed by atoms with Crippen molar-refractivity contribution >= 4 is 23.3 Å². The van der Waals surface area contributed by atoms with E-state index in [-0.39, 0.29) is 60.2 Å². The Morgan fingerprint density at radius 1 is 0.875 bits per heavy atom. The second-order valence-electron chi connectivity index (χ2n) is 2.60. The molecule has 1 rings (SSSR count). The molecular weight excluding hydrogens is 202 g/mol. The topological polar surface area (TPSA) is 132 Å². The monoisotopic (exact) mass is 208 g/mol. The molecule has 0 aliphatic carbocycles. The van der Waals surface area contributed by atoms with E-state index < -0.39 is 11.9 Å². The number of carboxylic acids is 2. The fourth-order valence-electron chi connectivity index (χ4n) is 0.987. The quantitative estimate of drug-likeness (QED) is 0.366. The molecule has 0 unspecified atom stereocenters. The molecule has 1 aromatic carbocycles. The first-order chi connectivity index (χ1) is 6.43. The summed E-state index contributed by atoms with van der Waals surface area (Å²) in [6.45, 7) is 0. The van der Waals surface area contributed by atoms with Gasteiger partial charge in [-0.25, -0.2) is 0 Å². The SMILES string of the molecule is Nc1cc(C(=O)[O-])c(N)cc1C(=O)[O-].[Li+].[Li+]. The van der Waals surface area contributed by atoms with E-state index in [1.807, 2.05) is 0 Å². The van der Waals surface area contributed by atoms with Crippen LogP contribution in [0.5, 0.6) is 0 Å². The van der Waals surface area contributed by atoms with Gasteiger partial charge in [-0.2, -0.15) is 0 Å². The second-order valence-corrected chi connectivity index (χ2v) is 2.60. The van der Waals surface area contributed by atoms with Gasteiger partial charge in [-0.05, 0) is 12.1 Å². The summed E-state index contributed by atoms with van der Waals surface area (Å²) >= 11 is 0. The van der Waals surface area contributed by atoms with Gasteiger partial charge in [0.25, 0.3) is 0 Å². The average molecular weight is 208 g/mol. The molecule has 6 nitrogen and oxygen atoms in total. The Bertz CT molecular complexity index is 383. The maximum absolute atomic E-state index is 10.4. The number of carboxylic acid groups (broad SMARTS) is 2. The Morgan fingerprint density at radius 3 is 1.31 bits per heavy atom. The van der Waals surface area contributed by atoms with Crippen LogP contribution in [0.15, 0.2) is 12.1 Å². The molecule has 0 heterocycles.